The van der Waals surface area contributed by atoms with Gasteiger partial charge in [0, 0.05) is 10.6 Å². The van der Waals surface area contributed by atoms with Crippen LogP contribution < -0.4 is 5.73 Å². The summed E-state index contributed by atoms with van der Waals surface area (Å²) in [6, 6.07) is 12.5. The lowest BCUT2D eigenvalue weighted by Crippen LogP contribution is -2.35. The number of rotatable bonds is 2. The lowest BCUT2D eigenvalue weighted by Gasteiger charge is -2.21. The predicted octanol–water partition coefficient (Wildman–Crippen LogP) is 3.76. The Morgan fingerprint density at radius 3 is 2.67 bits per heavy atom. The summed E-state index contributed by atoms with van der Waals surface area (Å²) in [4.78, 5) is 11.1. The van der Waals surface area contributed by atoms with E-state index in [0.717, 1.165) is 28.7 Å². The Labute approximate surface area is 127 Å². The van der Waals surface area contributed by atoms with Crippen LogP contribution in [0.25, 0.3) is 11.1 Å². The normalized spacial score (nSPS) is 16.6. The first-order chi connectivity index (χ1) is 10.1. The predicted molar refractivity (Wildman–Crippen MR) is 81.2 cm³/mol. The summed E-state index contributed by atoms with van der Waals surface area (Å²) in [7, 11) is 0. The third kappa shape index (κ3) is 2.48. The monoisotopic (exact) mass is 302 g/mol. The van der Waals surface area contributed by atoms with Crippen molar-refractivity contribution < 1.29 is 10.0 Å². The molecule has 4 nitrogen and oxygen atoms in total. The van der Waals surface area contributed by atoms with Gasteiger partial charge in [0.15, 0.2) is 0 Å². The van der Waals surface area contributed by atoms with Gasteiger partial charge in [-0.05, 0) is 41.7 Å². The van der Waals surface area contributed by atoms with Crippen LogP contribution in [0.2, 0.25) is 5.02 Å². The first kappa shape index (κ1) is 13.9. The number of halogens is 1. The molecule has 5 heteroatoms. The Morgan fingerprint density at radius 1 is 1.29 bits per heavy atom. The average molecular weight is 303 g/mol. The molecule has 21 heavy (non-hydrogen) atoms. The van der Waals surface area contributed by atoms with E-state index >= 15 is 0 Å². The maximum Gasteiger partial charge on any atom is 0.339 e. The quantitative estimate of drug-likeness (QED) is 0.655. The van der Waals surface area contributed by atoms with E-state index < -0.39 is 12.1 Å². The summed E-state index contributed by atoms with van der Waals surface area (Å²) < 4.78 is 0. The van der Waals surface area contributed by atoms with Crippen LogP contribution in [-0.4, -0.2) is 16.3 Å². The molecule has 2 amide bonds. The third-order valence-electron chi connectivity index (χ3n) is 3.88. The lowest BCUT2D eigenvalue weighted by atomic mass is 9.99. The topological polar surface area (TPSA) is 66.6 Å². The maximum atomic E-state index is 11.1. The fourth-order valence-electron chi connectivity index (χ4n) is 2.85. The Bertz CT molecular complexity index is 688. The number of benzene rings is 2. The van der Waals surface area contributed by atoms with Crippen molar-refractivity contribution in [1.29, 1.82) is 0 Å². The van der Waals surface area contributed by atoms with Gasteiger partial charge in [-0.3, -0.25) is 5.21 Å². The second kappa shape index (κ2) is 5.39. The smallest absolute Gasteiger partial charge is 0.339 e. The van der Waals surface area contributed by atoms with Crippen LogP contribution in [0.1, 0.15) is 23.6 Å². The van der Waals surface area contributed by atoms with Gasteiger partial charge >= 0.3 is 6.03 Å². The van der Waals surface area contributed by atoms with E-state index in [2.05, 4.69) is 0 Å². The summed E-state index contributed by atoms with van der Waals surface area (Å²) >= 11 is 6.38. The van der Waals surface area contributed by atoms with Crippen LogP contribution in [-0.2, 0) is 6.42 Å². The zero-order valence-corrected chi connectivity index (χ0v) is 12.0. The molecule has 1 atom stereocenters. The lowest BCUT2D eigenvalue weighted by molar-refractivity contribution is -0.0757. The van der Waals surface area contributed by atoms with Crippen LogP contribution in [0.5, 0.6) is 0 Å². The number of hydroxylamine groups is 2. The molecule has 3 rings (SSSR count). The molecule has 0 aliphatic heterocycles. The fraction of sp³-hybridized carbons (Fsp3) is 0.188. The van der Waals surface area contributed by atoms with Crippen molar-refractivity contribution >= 4 is 17.6 Å². The maximum absolute atomic E-state index is 11.1. The molecule has 0 aromatic heterocycles. The van der Waals surface area contributed by atoms with Crippen molar-refractivity contribution in [3.8, 4) is 11.1 Å². The standard InChI is InChI=1S/C16H15ClN2O2/c17-14-9-13-11(6-7-15(13)19(21)16(18)20)8-12(14)10-4-2-1-3-5-10/h1-5,8-9,15,21H,6-7H2,(H2,18,20). The highest BCUT2D eigenvalue weighted by Crippen LogP contribution is 2.40. The van der Waals surface area contributed by atoms with Gasteiger partial charge in [-0.2, -0.15) is 5.06 Å². The molecular weight excluding hydrogens is 288 g/mol. The van der Waals surface area contributed by atoms with Crippen molar-refractivity contribution in [2.75, 3.05) is 0 Å². The SMILES string of the molecule is NC(=O)N(O)C1CCc2cc(-c3ccccc3)c(Cl)cc21. The van der Waals surface area contributed by atoms with Crippen LogP contribution in [0.4, 0.5) is 4.79 Å². The van der Waals surface area contributed by atoms with Crippen molar-refractivity contribution in [2.45, 2.75) is 18.9 Å². The molecule has 2 aromatic rings. The van der Waals surface area contributed by atoms with Crippen LogP contribution in [0, 0.1) is 0 Å². The molecular formula is C16H15ClN2O2. The average Bonchev–Trinajstić information content (AvgIpc) is 2.89. The van der Waals surface area contributed by atoms with Gasteiger partial charge in [-0.15, -0.1) is 0 Å². The number of nitrogens with zero attached hydrogens (tertiary/aromatic N) is 1. The van der Waals surface area contributed by atoms with Crippen molar-refractivity contribution in [1.82, 2.24) is 5.06 Å². The number of urea groups is 1. The summed E-state index contributed by atoms with van der Waals surface area (Å²) in [5, 5.41) is 11.0. The number of carbonyl (C=O) groups is 1. The Morgan fingerprint density at radius 2 is 2.00 bits per heavy atom. The minimum Gasteiger partial charge on any atom is -0.350 e. The fourth-order valence-corrected chi connectivity index (χ4v) is 3.14. The first-order valence-corrected chi connectivity index (χ1v) is 7.11. The summed E-state index contributed by atoms with van der Waals surface area (Å²) in [5.74, 6) is 0. The van der Waals surface area contributed by atoms with Crippen molar-refractivity contribution in [3.63, 3.8) is 0 Å². The van der Waals surface area contributed by atoms with E-state index in [4.69, 9.17) is 17.3 Å². The highest BCUT2D eigenvalue weighted by Gasteiger charge is 2.30. The highest BCUT2D eigenvalue weighted by molar-refractivity contribution is 6.33. The number of nitrogens with two attached hydrogens (primary N) is 1. The molecule has 108 valence electrons. The molecule has 0 saturated carbocycles. The van der Waals surface area contributed by atoms with E-state index in [1.54, 1.807) is 0 Å². The number of fused-ring (bicyclic) bond motifs is 1. The highest BCUT2D eigenvalue weighted by atomic mass is 35.5. The van der Waals surface area contributed by atoms with Crippen LogP contribution >= 0.6 is 11.6 Å². The first-order valence-electron chi connectivity index (χ1n) is 6.73. The van der Waals surface area contributed by atoms with E-state index in [1.165, 1.54) is 0 Å². The van der Waals surface area contributed by atoms with Crippen LogP contribution in [0.3, 0.4) is 0 Å². The molecule has 1 unspecified atom stereocenters. The Balaban J connectivity index is 2.03. The zero-order chi connectivity index (χ0) is 15.0. The van der Waals surface area contributed by atoms with Crippen LogP contribution in [0.15, 0.2) is 42.5 Å². The number of hydrogen-bond donors (Lipinski definition) is 2. The van der Waals surface area contributed by atoms with Gasteiger partial charge in [0.2, 0.25) is 0 Å². The van der Waals surface area contributed by atoms with E-state index in [0.29, 0.717) is 16.5 Å². The number of hydrogen-bond acceptors (Lipinski definition) is 2. The van der Waals surface area contributed by atoms with Gasteiger partial charge in [0.1, 0.15) is 0 Å². The van der Waals surface area contributed by atoms with Crippen molar-refractivity contribution in [3.05, 3.63) is 58.6 Å². The number of carbonyl (C=O) groups excluding carboxylic acids is 1. The molecule has 3 N–H and O–H groups in total. The largest absolute Gasteiger partial charge is 0.350 e. The Hall–Kier alpha value is -2.04. The molecule has 0 bridgehead atoms. The van der Waals surface area contributed by atoms with Gasteiger partial charge in [-0.1, -0.05) is 41.9 Å². The van der Waals surface area contributed by atoms with Gasteiger partial charge in [0.25, 0.3) is 0 Å². The number of primary amides is 1. The summed E-state index contributed by atoms with van der Waals surface area (Å²) in [6.45, 7) is 0. The van der Waals surface area contributed by atoms with Gasteiger partial charge in [0.05, 0.1) is 6.04 Å². The molecule has 0 saturated heterocycles. The Kier molecular flexibility index (Phi) is 3.57. The van der Waals surface area contributed by atoms with Gasteiger partial charge in [-0.25, -0.2) is 4.79 Å². The number of amides is 2. The second-order valence-corrected chi connectivity index (χ2v) is 5.54. The molecule has 0 heterocycles. The molecule has 1 aliphatic rings. The summed E-state index contributed by atoms with van der Waals surface area (Å²) in [6.07, 6.45) is 1.42. The van der Waals surface area contributed by atoms with Gasteiger partial charge < -0.3 is 5.73 Å². The number of aryl methyl sites for hydroxylation is 1. The minimum absolute atomic E-state index is 0.417. The van der Waals surface area contributed by atoms with E-state index in [1.807, 2.05) is 42.5 Å². The van der Waals surface area contributed by atoms with E-state index in [-0.39, 0.29) is 0 Å². The zero-order valence-electron chi connectivity index (χ0n) is 11.3. The molecule has 2 aromatic carbocycles. The molecule has 1 aliphatic carbocycles. The van der Waals surface area contributed by atoms with Crippen molar-refractivity contribution in [2.24, 2.45) is 5.73 Å². The summed E-state index contributed by atoms with van der Waals surface area (Å²) in [5.41, 5.74) is 9.09. The molecule has 0 radical (unpaired) electrons. The minimum atomic E-state index is -0.851. The van der Waals surface area contributed by atoms with E-state index in [9.17, 15) is 10.0 Å². The third-order valence-corrected chi connectivity index (χ3v) is 4.19. The second-order valence-electron chi connectivity index (χ2n) is 5.13. The molecule has 0 fully saturated rings. The molecule has 0 spiro atoms.